The molecule has 5 nitrogen and oxygen atoms in total. The van der Waals surface area contributed by atoms with Crippen molar-refractivity contribution in [1.82, 2.24) is 4.72 Å². The lowest BCUT2D eigenvalue weighted by Gasteiger charge is -2.27. The van der Waals surface area contributed by atoms with E-state index in [1.54, 1.807) is 6.92 Å². The second kappa shape index (κ2) is 5.21. The van der Waals surface area contributed by atoms with Gasteiger partial charge < -0.3 is 10.8 Å². The van der Waals surface area contributed by atoms with Crippen molar-refractivity contribution in [3.05, 3.63) is 24.0 Å². The molecule has 0 saturated heterocycles. The molecular formula is C11H17FN2O3S. The number of rotatable bonds is 5. The lowest BCUT2D eigenvalue weighted by atomic mass is 10.0. The third-order valence-corrected chi connectivity index (χ3v) is 4.51. The van der Waals surface area contributed by atoms with Crippen LogP contribution in [-0.4, -0.2) is 25.7 Å². The van der Waals surface area contributed by atoms with Crippen LogP contribution in [0.5, 0.6) is 0 Å². The summed E-state index contributed by atoms with van der Waals surface area (Å²) in [5.41, 5.74) is 4.27. The standard InChI is InChI=1S/C11H17FN2O3S/c1-3-11(2,7-15)14-18(16,17)10-8(12)5-4-6-9(10)13/h4-6,14-15H,3,7,13H2,1-2H3. The second-order valence-electron chi connectivity index (χ2n) is 4.34. The first-order valence-electron chi connectivity index (χ1n) is 5.44. The molecule has 0 aliphatic heterocycles. The van der Waals surface area contributed by atoms with Crippen LogP contribution in [0.2, 0.25) is 0 Å². The summed E-state index contributed by atoms with van der Waals surface area (Å²) in [6.45, 7) is 2.85. The van der Waals surface area contributed by atoms with Gasteiger partial charge in [0.15, 0.2) is 0 Å². The summed E-state index contributed by atoms with van der Waals surface area (Å²) >= 11 is 0. The van der Waals surface area contributed by atoms with Crippen LogP contribution in [0.3, 0.4) is 0 Å². The Balaban J connectivity index is 3.23. The Morgan fingerprint density at radius 1 is 1.50 bits per heavy atom. The molecule has 0 heterocycles. The van der Waals surface area contributed by atoms with E-state index in [9.17, 15) is 17.9 Å². The van der Waals surface area contributed by atoms with Crippen molar-refractivity contribution in [1.29, 1.82) is 0 Å². The Kier molecular flexibility index (Phi) is 4.31. The van der Waals surface area contributed by atoms with Crippen molar-refractivity contribution in [3.8, 4) is 0 Å². The van der Waals surface area contributed by atoms with E-state index in [1.807, 2.05) is 0 Å². The summed E-state index contributed by atoms with van der Waals surface area (Å²) in [5, 5.41) is 9.18. The van der Waals surface area contributed by atoms with E-state index in [4.69, 9.17) is 5.73 Å². The summed E-state index contributed by atoms with van der Waals surface area (Å²) in [6.07, 6.45) is 0.358. The maximum Gasteiger partial charge on any atom is 0.246 e. The monoisotopic (exact) mass is 276 g/mol. The summed E-state index contributed by atoms with van der Waals surface area (Å²) < 4.78 is 40.0. The third-order valence-electron chi connectivity index (χ3n) is 2.78. The quantitative estimate of drug-likeness (QED) is 0.695. The van der Waals surface area contributed by atoms with Gasteiger partial charge in [-0.15, -0.1) is 0 Å². The molecule has 0 fully saturated rings. The van der Waals surface area contributed by atoms with E-state index < -0.39 is 32.9 Å². The molecule has 0 spiro atoms. The number of hydrogen-bond acceptors (Lipinski definition) is 4. The molecule has 18 heavy (non-hydrogen) atoms. The molecule has 0 bridgehead atoms. The van der Waals surface area contributed by atoms with Crippen molar-refractivity contribution in [2.45, 2.75) is 30.7 Å². The van der Waals surface area contributed by atoms with Gasteiger partial charge in [0, 0.05) is 0 Å². The number of aliphatic hydroxyl groups is 1. The molecule has 1 atom stereocenters. The number of hydrogen-bond donors (Lipinski definition) is 3. The highest BCUT2D eigenvalue weighted by Gasteiger charge is 2.31. The molecule has 1 aromatic carbocycles. The molecule has 0 aliphatic carbocycles. The lowest BCUT2D eigenvalue weighted by molar-refractivity contribution is 0.191. The molecule has 0 aromatic heterocycles. The molecule has 1 unspecified atom stereocenters. The van der Waals surface area contributed by atoms with Crippen LogP contribution in [0.4, 0.5) is 10.1 Å². The highest BCUT2D eigenvalue weighted by Crippen LogP contribution is 2.23. The Morgan fingerprint density at radius 2 is 2.11 bits per heavy atom. The molecule has 102 valence electrons. The van der Waals surface area contributed by atoms with Crippen LogP contribution < -0.4 is 10.5 Å². The number of nitrogens with one attached hydrogen (secondary N) is 1. The van der Waals surface area contributed by atoms with Gasteiger partial charge in [-0.05, 0) is 25.5 Å². The number of sulfonamides is 1. The van der Waals surface area contributed by atoms with Gasteiger partial charge in [0.1, 0.15) is 10.7 Å². The van der Waals surface area contributed by atoms with Crippen molar-refractivity contribution in [2.24, 2.45) is 0 Å². The second-order valence-corrected chi connectivity index (χ2v) is 5.96. The van der Waals surface area contributed by atoms with Gasteiger partial charge >= 0.3 is 0 Å². The first-order chi connectivity index (χ1) is 8.25. The SMILES string of the molecule is CCC(C)(CO)NS(=O)(=O)c1c(N)cccc1F. The smallest absolute Gasteiger partial charge is 0.246 e. The summed E-state index contributed by atoms with van der Waals surface area (Å²) in [5.74, 6) is -0.918. The summed E-state index contributed by atoms with van der Waals surface area (Å²) in [7, 11) is -4.11. The van der Waals surface area contributed by atoms with Gasteiger partial charge in [0.05, 0.1) is 17.8 Å². The van der Waals surface area contributed by atoms with E-state index in [0.29, 0.717) is 6.42 Å². The third kappa shape index (κ3) is 2.98. The van der Waals surface area contributed by atoms with E-state index in [0.717, 1.165) is 6.07 Å². The number of nitrogen functional groups attached to an aromatic ring is 1. The molecule has 0 radical (unpaired) electrons. The van der Waals surface area contributed by atoms with Crippen molar-refractivity contribution < 1.29 is 17.9 Å². The number of nitrogens with two attached hydrogens (primary N) is 1. The fourth-order valence-corrected chi connectivity index (χ4v) is 3.06. The maximum atomic E-state index is 13.6. The normalized spacial score (nSPS) is 15.3. The van der Waals surface area contributed by atoms with Crippen LogP contribution in [0.15, 0.2) is 23.1 Å². The number of anilines is 1. The average Bonchev–Trinajstić information content (AvgIpc) is 2.27. The lowest BCUT2D eigenvalue weighted by Crippen LogP contribution is -2.48. The Hall–Kier alpha value is -1.18. The fraction of sp³-hybridized carbons (Fsp3) is 0.455. The Bertz CT molecular complexity index is 507. The predicted octanol–water partition coefficient (Wildman–Crippen LogP) is 0.847. The van der Waals surface area contributed by atoms with Crippen LogP contribution in [0, 0.1) is 5.82 Å². The van der Waals surface area contributed by atoms with Gasteiger partial charge in [0.25, 0.3) is 0 Å². The fourth-order valence-electron chi connectivity index (χ4n) is 1.40. The zero-order valence-corrected chi connectivity index (χ0v) is 11.1. The highest BCUT2D eigenvalue weighted by molar-refractivity contribution is 7.89. The highest BCUT2D eigenvalue weighted by atomic mass is 32.2. The Morgan fingerprint density at radius 3 is 2.56 bits per heavy atom. The van der Waals surface area contributed by atoms with Crippen molar-refractivity contribution in [2.75, 3.05) is 12.3 Å². The van der Waals surface area contributed by atoms with Gasteiger partial charge in [-0.3, -0.25) is 0 Å². The van der Waals surface area contributed by atoms with Crippen molar-refractivity contribution >= 4 is 15.7 Å². The zero-order chi connectivity index (χ0) is 14.0. The van der Waals surface area contributed by atoms with Crippen molar-refractivity contribution in [3.63, 3.8) is 0 Å². The van der Waals surface area contributed by atoms with Gasteiger partial charge in [-0.2, -0.15) is 0 Å². The molecule has 4 N–H and O–H groups in total. The van der Waals surface area contributed by atoms with Crippen LogP contribution in [-0.2, 0) is 10.0 Å². The topological polar surface area (TPSA) is 92.4 Å². The number of benzene rings is 1. The first-order valence-corrected chi connectivity index (χ1v) is 6.93. The molecule has 7 heteroatoms. The molecule has 0 amide bonds. The minimum absolute atomic E-state index is 0.168. The van der Waals surface area contributed by atoms with Gasteiger partial charge in [-0.1, -0.05) is 13.0 Å². The molecule has 1 rings (SSSR count). The van der Waals surface area contributed by atoms with E-state index in [-0.39, 0.29) is 5.69 Å². The van der Waals surface area contributed by atoms with E-state index >= 15 is 0 Å². The minimum atomic E-state index is -4.11. The van der Waals surface area contributed by atoms with E-state index in [1.165, 1.54) is 19.1 Å². The van der Waals surface area contributed by atoms with Gasteiger partial charge in [0.2, 0.25) is 10.0 Å². The summed E-state index contributed by atoms with van der Waals surface area (Å²) in [4.78, 5) is -0.585. The first kappa shape index (κ1) is 14.9. The number of halogens is 1. The van der Waals surface area contributed by atoms with Crippen LogP contribution in [0.1, 0.15) is 20.3 Å². The molecule has 1 aromatic rings. The van der Waals surface area contributed by atoms with E-state index in [2.05, 4.69) is 4.72 Å². The largest absolute Gasteiger partial charge is 0.398 e. The molecule has 0 aliphatic rings. The Labute approximate surface area is 106 Å². The average molecular weight is 276 g/mol. The predicted molar refractivity (Wildman–Crippen MR) is 66.9 cm³/mol. The molecular weight excluding hydrogens is 259 g/mol. The number of aliphatic hydroxyl groups excluding tert-OH is 1. The van der Waals surface area contributed by atoms with Gasteiger partial charge in [-0.25, -0.2) is 17.5 Å². The maximum absolute atomic E-state index is 13.6. The summed E-state index contributed by atoms with van der Waals surface area (Å²) in [6, 6.07) is 3.65. The molecule has 0 saturated carbocycles. The van der Waals surface area contributed by atoms with Crippen LogP contribution in [0.25, 0.3) is 0 Å². The van der Waals surface area contributed by atoms with Crippen LogP contribution >= 0.6 is 0 Å². The minimum Gasteiger partial charge on any atom is -0.398 e. The zero-order valence-electron chi connectivity index (χ0n) is 10.3.